The van der Waals surface area contributed by atoms with Crippen LogP contribution in [0.1, 0.15) is 5.56 Å². The molecule has 0 aromatic heterocycles. The van der Waals surface area contributed by atoms with Crippen LogP contribution >= 0.6 is 23.2 Å². The molecule has 1 amide bonds. The number of carbonyl (C=O) groups excluding carboxylic acids is 1. The first-order valence-corrected chi connectivity index (χ1v) is 9.63. The standard InChI is InChI=1S/C20H22Cl2N2O3/c21-16-3-6-19(18(22)13-16)27-14-20(25)23-8-7-15-1-4-17(5-2-15)24-9-11-26-12-10-24/h1-6,13H,7-12,14H2,(H,23,25). The van der Waals surface area contributed by atoms with Gasteiger partial charge < -0.3 is 19.7 Å². The Morgan fingerprint density at radius 3 is 2.56 bits per heavy atom. The molecule has 0 saturated carbocycles. The van der Waals surface area contributed by atoms with Crippen molar-refractivity contribution >= 4 is 34.8 Å². The maximum absolute atomic E-state index is 11.9. The number of hydrogen-bond acceptors (Lipinski definition) is 4. The molecule has 1 aliphatic rings. The topological polar surface area (TPSA) is 50.8 Å². The van der Waals surface area contributed by atoms with E-state index < -0.39 is 0 Å². The molecule has 0 spiro atoms. The summed E-state index contributed by atoms with van der Waals surface area (Å²) in [6.45, 7) is 3.86. The van der Waals surface area contributed by atoms with Crippen molar-refractivity contribution in [1.82, 2.24) is 5.32 Å². The first-order chi connectivity index (χ1) is 13.1. The van der Waals surface area contributed by atoms with E-state index in [2.05, 4.69) is 34.5 Å². The molecule has 144 valence electrons. The van der Waals surface area contributed by atoms with Gasteiger partial charge in [0.1, 0.15) is 5.75 Å². The van der Waals surface area contributed by atoms with E-state index in [0.29, 0.717) is 22.3 Å². The highest BCUT2D eigenvalue weighted by Crippen LogP contribution is 2.27. The summed E-state index contributed by atoms with van der Waals surface area (Å²) in [5.41, 5.74) is 2.38. The molecular formula is C20H22Cl2N2O3. The van der Waals surface area contributed by atoms with Gasteiger partial charge in [0, 0.05) is 30.3 Å². The van der Waals surface area contributed by atoms with Gasteiger partial charge in [0.05, 0.1) is 18.2 Å². The van der Waals surface area contributed by atoms with Gasteiger partial charge in [-0.1, -0.05) is 35.3 Å². The van der Waals surface area contributed by atoms with Gasteiger partial charge in [0.2, 0.25) is 0 Å². The number of ether oxygens (including phenoxy) is 2. The summed E-state index contributed by atoms with van der Waals surface area (Å²) >= 11 is 11.8. The summed E-state index contributed by atoms with van der Waals surface area (Å²) in [5, 5.41) is 3.76. The number of anilines is 1. The van der Waals surface area contributed by atoms with Crippen molar-refractivity contribution in [3.63, 3.8) is 0 Å². The van der Waals surface area contributed by atoms with Gasteiger partial charge in [-0.15, -0.1) is 0 Å². The molecule has 0 atom stereocenters. The quantitative estimate of drug-likeness (QED) is 0.760. The van der Waals surface area contributed by atoms with Crippen LogP contribution in [0.2, 0.25) is 10.0 Å². The number of rotatable bonds is 7. The molecule has 0 aliphatic carbocycles. The van der Waals surface area contributed by atoms with E-state index in [-0.39, 0.29) is 12.5 Å². The fraction of sp³-hybridized carbons (Fsp3) is 0.350. The SMILES string of the molecule is O=C(COc1ccc(Cl)cc1Cl)NCCc1ccc(N2CCOCC2)cc1. The number of halogens is 2. The summed E-state index contributed by atoms with van der Waals surface area (Å²) in [4.78, 5) is 14.2. The highest BCUT2D eigenvalue weighted by Gasteiger charge is 2.11. The average molecular weight is 409 g/mol. The Morgan fingerprint density at radius 2 is 1.85 bits per heavy atom. The van der Waals surface area contributed by atoms with Crippen molar-refractivity contribution in [2.24, 2.45) is 0 Å². The molecule has 1 heterocycles. The molecule has 0 radical (unpaired) electrons. The number of carbonyl (C=O) groups is 1. The highest BCUT2D eigenvalue weighted by atomic mass is 35.5. The summed E-state index contributed by atoms with van der Waals surface area (Å²) < 4.78 is 10.8. The molecule has 0 unspecified atom stereocenters. The van der Waals surface area contributed by atoms with Gasteiger partial charge in [-0.3, -0.25) is 4.79 Å². The van der Waals surface area contributed by atoms with Gasteiger partial charge in [-0.25, -0.2) is 0 Å². The van der Waals surface area contributed by atoms with Gasteiger partial charge in [0.15, 0.2) is 6.61 Å². The summed E-state index contributed by atoms with van der Waals surface area (Å²) in [7, 11) is 0. The van der Waals surface area contributed by atoms with E-state index in [9.17, 15) is 4.79 Å². The van der Waals surface area contributed by atoms with Gasteiger partial charge in [-0.05, 0) is 42.3 Å². The Labute approximate surface area is 169 Å². The van der Waals surface area contributed by atoms with Crippen LogP contribution in [0.25, 0.3) is 0 Å². The van der Waals surface area contributed by atoms with Gasteiger partial charge in [-0.2, -0.15) is 0 Å². The number of nitrogens with zero attached hydrogens (tertiary/aromatic N) is 1. The normalized spacial score (nSPS) is 14.1. The molecule has 3 rings (SSSR count). The summed E-state index contributed by atoms with van der Waals surface area (Å²) in [6, 6.07) is 13.3. The maximum Gasteiger partial charge on any atom is 0.257 e. The monoisotopic (exact) mass is 408 g/mol. The molecule has 7 heteroatoms. The van der Waals surface area contributed by atoms with Crippen LogP contribution < -0.4 is 15.0 Å². The second-order valence-electron chi connectivity index (χ2n) is 6.23. The predicted octanol–water partition coefficient (Wildman–Crippen LogP) is 3.57. The fourth-order valence-corrected chi connectivity index (χ4v) is 3.29. The van der Waals surface area contributed by atoms with E-state index in [4.69, 9.17) is 32.7 Å². The Balaban J connectivity index is 1.39. The minimum atomic E-state index is -0.189. The van der Waals surface area contributed by atoms with Crippen molar-refractivity contribution in [2.75, 3.05) is 44.4 Å². The zero-order valence-electron chi connectivity index (χ0n) is 14.9. The third kappa shape index (κ3) is 6.03. The largest absolute Gasteiger partial charge is 0.482 e. The number of morpholine rings is 1. The van der Waals surface area contributed by atoms with Crippen molar-refractivity contribution in [1.29, 1.82) is 0 Å². The lowest BCUT2D eigenvalue weighted by Gasteiger charge is -2.28. The van der Waals surface area contributed by atoms with E-state index in [1.54, 1.807) is 18.2 Å². The zero-order chi connectivity index (χ0) is 19.1. The van der Waals surface area contributed by atoms with Crippen LogP contribution in [-0.2, 0) is 16.0 Å². The number of nitrogens with one attached hydrogen (secondary N) is 1. The lowest BCUT2D eigenvalue weighted by molar-refractivity contribution is -0.123. The molecule has 5 nitrogen and oxygen atoms in total. The molecule has 27 heavy (non-hydrogen) atoms. The smallest absolute Gasteiger partial charge is 0.257 e. The molecule has 1 aliphatic heterocycles. The van der Waals surface area contributed by atoms with Crippen LogP contribution in [0.15, 0.2) is 42.5 Å². The zero-order valence-corrected chi connectivity index (χ0v) is 16.4. The number of hydrogen-bond donors (Lipinski definition) is 1. The number of amides is 1. The Kier molecular flexibility index (Phi) is 7.21. The Bertz CT molecular complexity index is 762. The van der Waals surface area contributed by atoms with E-state index in [1.165, 1.54) is 11.3 Å². The van der Waals surface area contributed by atoms with Crippen LogP contribution in [0.5, 0.6) is 5.75 Å². The van der Waals surface area contributed by atoms with Crippen molar-refractivity contribution in [2.45, 2.75) is 6.42 Å². The average Bonchev–Trinajstić information content (AvgIpc) is 2.68. The second-order valence-corrected chi connectivity index (χ2v) is 7.07. The van der Waals surface area contributed by atoms with Crippen LogP contribution in [0, 0.1) is 0 Å². The van der Waals surface area contributed by atoms with Crippen LogP contribution in [-0.4, -0.2) is 45.4 Å². The first-order valence-electron chi connectivity index (χ1n) is 8.88. The molecular weight excluding hydrogens is 387 g/mol. The fourth-order valence-electron chi connectivity index (χ4n) is 2.83. The Morgan fingerprint density at radius 1 is 1.11 bits per heavy atom. The summed E-state index contributed by atoms with van der Waals surface area (Å²) in [5.74, 6) is 0.251. The van der Waals surface area contributed by atoms with E-state index >= 15 is 0 Å². The Hall–Kier alpha value is -1.95. The third-order valence-electron chi connectivity index (χ3n) is 4.30. The number of benzene rings is 2. The molecule has 1 saturated heterocycles. The molecule has 2 aromatic rings. The van der Waals surface area contributed by atoms with Gasteiger partial charge in [0.25, 0.3) is 5.91 Å². The minimum Gasteiger partial charge on any atom is -0.482 e. The predicted molar refractivity (Wildman–Crippen MR) is 108 cm³/mol. The van der Waals surface area contributed by atoms with Crippen molar-refractivity contribution in [3.8, 4) is 5.75 Å². The van der Waals surface area contributed by atoms with E-state index in [0.717, 1.165) is 32.7 Å². The summed E-state index contributed by atoms with van der Waals surface area (Å²) in [6.07, 6.45) is 0.761. The first kappa shape index (κ1) is 19.8. The van der Waals surface area contributed by atoms with Crippen LogP contribution in [0.4, 0.5) is 5.69 Å². The molecule has 1 N–H and O–H groups in total. The minimum absolute atomic E-state index is 0.0860. The molecule has 1 fully saturated rings. The van der Waals surface area contributed by atoms with Gasteiger partial charge >= 0.3 is 0 Å². The van der Waals surface area contributed by atoms with Crippen LogP contribution in [0.3, 0.4) is 0 Å². The van der Waals surface area contributed by atoms with Crippen molar-refractivity contribution < 1.29 is 14.3 Å². The van der Waals surface area contributed by atoms with E-state index in [1.807, 2.05) is 0 Å². The highest BCUT2D eigenvalue weighted by molar-refractivity contribution is 6.35. The second kappa shape index (κ2) is 9.83. The molecule has 0 bridgehead atoms. The lowest BCUT2D eigenvalue weighted by atomic mass is 10.1. The van der Waals surface area contributed by atoms with Crippen molar-refractivity contribution in [3.05, 3.63) is 58.1 Å². The third-order valence-corrected chi connectivity index (χ3v) is 4.83. The maximum atomic E-state index is 11.9. The molecule has 2 aromatic carbocycles. The lowest BCUT2D eigenvalue weighted by Crippen LogP contribution is -2.36.